The Labute approximate surface area is 337 Å². The third kappa shape index (κ3) is 9.15. The highest BCUT2D eigenvalue weighted by molar-refractivity contribution is 6.42. The number of fused-ring (bicyclic) bond motifs is 2. The van der Waals surface area contributed by atoms with Crippen LogP contribution in [-0.2, 0) is 30.8 Å². The van der Waals surface area contributed by atoms with Gasteiger partial charge in [-0.15, -0.1) is 0 Å². The molecule has 12 heteroatoms. The van der Waals surface area contributed by atoms with E-state index in [1.807, 2.05) is 100 Å². The van der Waals surface area contributed by atoms with E-state index in [0.717, 1.165) is 50.6 Å². The van der Waals surface area contributed by atoms with E-state index in [9.17, 15) is 9.59 Å². The van der Waals surface area contributed by atoms with Gasteiger partial charge in [0, 0.05) is 43.0 Å². The molecule has 4 aromatic carbocycles. The molecule has 2 aliphatic heterocycles. The average molecular weight is 796 g/mol. The fraction of sp³-hybridized carbons (Fsp3) is 0.295. The maximum Gasteiger partial charge on any atom is 0.318 e. The van der Waals surface area contributed by atoms with Crippen LogP contribution in [0.2, 0.25) is 10.0 Å². The van der Waals surface area contributed by atoms with Gasteiger partial charge in [0.1, 0.15) is 36.5 Å². The van der Waals surface area contributed by atoms with Gasteiger partial charge in [0.05, 0.1) is 10.0 Å². The zero-order chi connectivity index (χ0) is 39.3. The Hall–Kier alpha value is -5.45. The molecule has 2 aliphatic rings. The molecule has 5 aromatic rings. The van der Waals surface area contributed by atoms with E-state index in [2.05, 4.69) is 15.6 Å². The molecule has 290 valence electrons. The minimum atomic E-state index is -0.697. The summed E-state index contributed by atoms with van der Waals surface area (Å²) in [7, 11) is 0. The van der Waals surface area contributed by atoms with Crippen LogP contribution in [0.25, 0.3) is 0 Å². The largest absolute Gasteiger partial charge is 0.489 e. The number of amides is 3. The first-order valence-electron chi connectivity index (χ1n) is 18.7. The van der Waals surface area contributed by atoms with Crippen LogP contribution in [0.15, 0.2) is 91.1 Å². The Kier molecular flexibility index (Phi) is 11.9. The van der Waals surface area contributed by atoms with Crippen molar-refractivity contribution in [3.63, 3.8) is 0 Å². The molecule has 0 radical (unpaired) electrons. The van der Waals surface area contributed by atoms with E-state index in [-0.39, 0.29) is 30.6 Å². The van der Waals surface area contributed by atoms with Gasteiger partial charge in [0.2, 0.25) is 5.91 Å². The van der Waals surface area contributed by atoms with Crippen molar-refractivity contribution in [1.29, 1.82) is 0 Å². The summed E-state index contributed by atoms with van der Waals surface area (Å²) in [4.78, 5) is 33.1. The van der Waals surface area contributed by atoms with Crippen molar-refractivity contribution >= 4 is 35.1 Å². The standard InChI is InChI=1S/C44H44Cl2N4O6/c1-26(2)49-44(52)50-23-33-22-41-40(54-25-42(56-41)31-8-12-34(13-9-31)53-24-30-7-14-36(45)37(46)19-30)21-32(33)20-38(50)43(51)48-17-15-29-5-10-35(11-6-29)55-39-16-18-47-28(4)27(39)3/h5-14,16,18-19,21-22,26,38,42H,15,17,20,23-25H2,1-4H3,(H,48,51)(H,49,52). The molecule has 3 heterocycles. The van der Waals surface area contributed by atoms with Crippen molar-refractivity contribution in [2.75, 3.05) is 13.2 Å². The van der Waals surface area contributed by atoms with Gasteiger partial charge in [-0.25, -0.2) is 4.79 Å². The zero-order valence-electron chi connectivity index (χ0n) is 31.7. The summed E-state index contributed by atoms with van der Waals surface area (Å²) < 4.78 is 24.7. The first-order chi connectivity index (χ1) is 27.0. The second-order valence-corrected chi connectivity index (χ2v) is 15.2. The number of nitrogens with zero attached hydrogens (tertiary/aromatic N) is 2. The molecule has 10 nitrogen and oxygen atoms in total. The van der Waals surface area contributed by atoms with Gasteiger partial charge in [-0.3, -0.25) is 9.78 Å². The lowest BCUT2D eigenvalue weighted by molar-refractivity contribution is -0.125. The van der Waals surface area contributed by atoms with Gasteiger partial charge in [-0.05, 0) is 117 Å². The van der Waals surface area contributed by atoms with Gasteiger partial charge >= 0.3 is 6.03 Å². The second-order valence-electron chi connectivity index (χ2n) is 14.3. The monoisotopic (exact) mass is 794 g/mol. The van der Waals surface area contributed by atoms with Gasteiger partial charge in [0.15, 0.2) is 17.6 Å². The number of halogens is 2. The molecule has 3 amide bonds. The fourth-order valence-corrected chi connectivity index (χ4v) is 7.01. The van der Waals surface area contributed by atoms with Crippen LogP contribution >= 0.6 is 23.2 Å². The van der Waals surface area contributed by atoms with E-state index in [4.69, 9.17) is 42.1 Å². The predicted molar refractivity (Wildman–Crippen MR) is 216 cm³/mol. The van der Waals surface area contributed by atoms with E-state index in [0.29, 0.717) is 59.9 Å². The number of nitrogens with one attached hydrogen (secondary N) is 2. The predicted octanol–water partition coefficient (Wildman–Crippen LogP) is 9.09. The number of ether oxygens (including phenoxy) is 4. The molecule has 0 saturated carbocycles. The molecular weight excluding hydrogens is 751 g/mol. The number of urea groups is 1. The minimum Gasteiger partial charge on any atom is -0.489 e. The number of aryl methyl sites for hydroxylation is 1. The quantitative estimate of drug-likeness (QED) is 0.137. The maximum atomic E-state index is 13.7. The number of hydrogen-bond donors (Lipinski definition) is 2. The summed E-state index contributed by atoms with van der Waals surface area (Å²) in [6.07, 6.45) is 2.36. The molecular formula is C44H44Cl2N4O6. The Morgan fingerprint density at radius 2 is 1.62 bits per heavy atom. The number of pyridine rings is 1. The Morgan fingerprint density at radius 3 is 2.38 bits per heavy atom. The van der Waals surface area contributed by atoms with Crippen LogP contribution in [0.1, 0.15) is 59.0 Å². The van der Waals surface area contributed by atoms with Crippen molar-refractivity contribution in [3.8, 4) is 28.7 Å². The van der Waals surface area contributed by atoms with E-state index in [1.54, 1.807) is 23.2 Å². The summed E-state index contributed by atoms with van der Waals surface area (Å²) in [5.41, 5.74) is 6.67. The van der Waals surface area contributed by atoms with Crippen LogP contribution in [-0.4, -0.2) is 47.1 Å². The molecule has 0 aliphatic carbocycles. The lowest BCUT2D eigenvalue weighted by Gasteiger charge is -2.37. The Morgan fingerprint density at radius 1 is 0.893 bits per heavy atom. The van der Waals surface area contributed by atoms with Crippen molar-refractivity contribution < 1.29 is 28.5 Å². The molecule has 1 aromatic heterocycles. The number of benzene rings is 4. The zero-order valence-corrected chi connectivity index (χ0v) is 33.2. The second kappa shape index (κ2) is 17.1. The summed E-state index contributed by atoms with van der Waals surface area (Å²) in [6.45, 7) is 9.07. The molecule has 56 heavy (non-hydrogen) atoms. The van der Waals surface area contributed by atoms with Crippen LogP contribution in [0.5, 0.6) is 28.7 Å². The molecule has 0 spiro atoms. The van der Waals surface area contributed by atoms with Crippen molar-refractivity contribution in [2.45, 2.75) is 71.9 Å². The number of rotatable bonds is 11. The lowest BCUT2D eigenvalue weighted by atomic mass is 9.92. The maximum absolute atomic E-state index is 13.7. The summed E-state index contributed by atoms with van der Waals surface area (Å²) in [6, 6.07) is 25.6. The average Bonchev–Trinajstić information content (AvgIpc) is 3.19. The van der Waals surface area contributed by atoms with Crippen molar-refractivity contribution in [1.82, 2.24) is 20.5 Å². The summed E-state index contributed by atoms with van der Waals surface area (Å²) in [5.74, 6) is 3.20. The molecule has 2 unspecified atom stereocenters. The summed E-state index contributed by atoms with van der Waals surface area (Å²) in [5, 5.41) is 7.03. The van der Waals surface area contributed by atoms with Crippen LogP contribution in [0.3, 0.4) is 0 Å². The van der Waals surface area contributed by atoms with Gasteiger partial charge in [0.25, 0.3) is 0 Å². The normalized spacial score (nSPS) is 15.9. The van der Waals surface area contributed by atoms with Crippen LogP contribution < -0.4 is 29.6 Å². The third-order valence-corrected chi connectivity index (χ3v) is 10.7. The fourth-order valence-electron chi connectivity index (χ4n) is 6.69. The first-order valence-corrected chi connectivity index (χ1v) is 19.4. The van der Waals surface area contributed by atoms with Crippen LogP contribution in [0.4, 0.5) is 4.79 Å². The smallest absolute Gasteiger partial charge is 0.318 e. The lowest BCUT2D eigenvalue weighted by Crippen LogP contribution is -2.56. The molecule has 0 saturated heterocycles. The van der Waals surface area contributed by atoms with E-state index < -0.39 is 6.04 Å². The molecule has 0 bridgehead atoms. The first kappa shape index (κ1) is 38.8. The Bertz CT molecular complexity index is 2210. The number of hydrogen-bond acceptors (Lipinski definition) is 7. The number of carbonyl (C=O) groups excluding carboxylic acids is 2. The van der Waals surface area contributed by atoms with Gasteiger partial charge in [-0.2, -0.15) is 0 Å². The molecule has 7 rings (SSSR count). The van der Waals surface area contributed by atoms with Gasteiger partial charge < -0.3 is 34.5 Å². The minimum absolute atomic E-state index is 0.0974. The SMILES string of the molecule is Cc1nccc(Oc2ccc(CCNC(=O)C3Cc4cc5c(cc4CN3C(=O)NC(C)C)OC(c3ccc(OCc4ccc(Cl)c(Cl)c4)cc3)CO5)cc2)c1C. The topological polar surface area (TPSA) is 111 Å². The van der Waals surface area contributed by atoms with E-state index in [1.165, 1.54) is 0 Å². The summed E-state index contributed by atoms with van der Waals surface area (Å²) >= 11 is 12.2. The van der Waals surface area contributed by atoms with Gasteiger partial charge in [-0.1, -0.05) is 53.5 Å². The highest BCUT2D eigenvalue weighted by atomic mass is 35.5. The molecule has 0 fully saturated rings. The number of carbonyl (C=O) groups is 2. The third-order valence-electron chi connectivity index (χ3n) is 9.94. The van der Waals surface area contributed by atoms with Crippen molar-refractivity contribution in [3.05, 3.63) is 140 Å². The number of aromatic nitrogens is 1. The molecule has 2 atom stereocenters. The van der Waals surface area contributed by atoms with Crippen LogP contribution in [0, 0.1) is 13.8 Å². The van der Waals surface area contributed by atoms with Crippen molar-refractivity contribution in [2.24, 2.45) is 0 Å². The highest BCUT2D eigenvalue weighted by Gasteiger charge is 2.36. The highest BCUT2D eigenvalue weighted by Crippen LogP contribution is 2.41. The van der Waals surface area contributed by atoms with E-state index >= 15 is 0 Å². The molecule has 2 N–H and O–H groups in total. The Balaban J connectivity index is 0.977.